The van der Waals surface area contributed by atoms with E-state index in [9.17, 15) is 5.11 Å². The highest BCUT2D eigenvalue weighted by Gasteiger charge is 1.94. The number of unbranched alkanes of at least 4 members (excludes halogenated alkanes) is 15. The van der Waals surface area contributed by atoms with Gasteiger partial charge in [-0.3, -0.25) is 0 Å². The summed E-state index contributed by atoms with van der Waals surface area (Å²) in [6.45, 7) is 0.117. The minimum Gasteiger partial charge on any atom is -0.237 e. The summed E-state index contributed by atoms with van der Waals surface area (Å²) in [7, 11) is 0. The van der Waals surface area contributed by atoms with Gasteiger partial charge in [-0.15, -0.1) is 0 Å². The third-order valence-electron chi connectivity index (χ3n) is 3.97. The molecule has 0 aromatic heterocycles. The van der Waals surface area contributed by atoms with E-state index >= 15 is 0 Å². The first-order valence-corrected chi connectivity index (χ1v) is 9.40. The first-order valence-electron chi connectivity index (χ1n) is 8.93. The van der Waals surface area contributed by atoms with Crippen molar-refractivity contribution in [2.45, 2.75) is 103 Å². The van der Waals surface area contributed by atoms with Gasteiger partial charge in [-0.1, -0.05) is 95.7 Å². The molecule has 0 saturated carbocycles. The summed E-state index contributed by atoms with van der Waals surface area (Å²) in [4.78, 5) is 0. The molecule has 0 aliphatic rings. The number of hydrogen-bond donors (Lipinski definition) is 0. The Kier molecular flexibility index (Phi) is 19.1. The van der Waals surface area contributed by atoms with Gasteiger partial charge in [0.15, 0.2) is 0 Å². The lowest BCUT2D eigenvalue weighted by molar-refractivity contribution is 0.186. The maximum atomic E-state index is 10.3. The molecule has 0 bridgehead atoms. The Morgan fingerprint density at radius 3 is 1.10 bits per heavy atom. The molecular formula is C18H35OS. The molecule has 0 fully saturated rings. The molecule has 1 radical (unpaired) electrons. The molecule has 0 unspecified atom stereocenters. The maximum absolute atomic E-state index is 10.3. The summed E-state index contributed by atoms with van der Waals surface area (Å²) in [5.74, 6) is 0. The van der Waals surface area contributed by atoms with Crippen LogP contribution in [0.1, 0.15) is 103 Å². The highest BCUT2D eigenvalue weighted by atomic mass is 32.1. The van der Waals surface area contributed by atoms with E-state index in [4.69, 9.17) is 12.2 Å². The summed E-state index contributed by atoms with van der Waals surface area (Å²) >= 11 is 4.82. The molecule has 1 nitrogen and oxygen atoms in total. The van der Waals surface area contributed by atoms with E-state index < -0.39 is 0 Å². The van der Waals surface area contributed by atoms with Crippen LogP contribution in [0.4, 0.5) is 0 Å². The van der Waals surface area contributed by atoms with E-state index in [1.807, 2.05) is 5.37 Å². The minimum atomic E-state index is 0.117. The van der Waals surface area contributed by atoms with Gasteiger partial charge in [0.1, 0.15) is 0 Å². The second-order valence-electron chi connectivity index (χ2n) is 5.96. The SMILES string of the molecule is [O]CCCCCCCCCCCCCCCCCC=S. The second kappa shape index (κ2) is 19.1. The molecule has 0 aromatic rings. The summed E-state index contributed by atoms with van der Waals surface area (Å²) in [5, 5.41) is 12.1. The Balaban J connectivity index is 2.90. The van der Waals surface area contributed by atoms with Crippen molar-refractivity contribution in [2.75, 3.05) is 6.61 Å². The number of thiocarbonyl (C=S) groups is 1. The van der Waals surface area contributed by atoms with E-state index in [2.05, 4.69) is 0 Å². The Morgan fingerprint density at radius 2 is 0.800 bits per heavy atom. The minimum absolute atomic E-state index is 0.117. The predicted molar refractivity (Wildman–Crippen MR) is 93.1 cm³/mol. The van der Waals surface area contributed by atoms with Crippen LogP contribution in [-0.2, 0) is 5.11 Å². The quantitative estimate of drug-likeness (QED) is 0.217. The smallest absolute Gasteiger partial charge is 0.0822 e. The predicted octanol–water partition coefficient (Wildman–Crippen LogP) is 6.66. The van der Waals surface area contributed by atoms with Crippen molar-refractivity contribution in [3.05, 3.63) is 0 Å². The number of rotatable bonds is 17. The fourth-order valence-corrected chi connectivity index (χ4v) is 2.79. The lowest BCUT2D eigenvalue weighted by Gasteiger charge is -2.03. The van der Waals surface area contributed by atoms with Crippen LogP contribution in [0, 0.1) is 0 Å². The molecule has 2 heteroatoms. The first kappa shape index (κ1) is 20.1. The van der Waals surface area contributed by atoms with Gasteiger partial charge < -0.3 is 0 Å². The lowest BCUT2D eigenvalue weighted by atomic mass is 10.0. The molecule has 0 spiro atoms. The zero-order valence-electron chi connectivity index (χ0n) is 13.4. The summed E-state index contributed by atoms with van der Waals surface area (Å²) in [5.41, 5.74) is 0. The lowest BCUT2D eigenvalue weighted by Crippen LogP contribution is -1.84. The van der Waals surface area contributed by atoms with Crippen LogP contribution >= 0.6 is 12.2 Å². The third kappa shape index (κ3) is 18.0. The Bertz CT molecular complexity index is 182. The summed E-state index contributed by atoms with van der Waals surface area (Å²) < 4.78 is 0. The fourth-order valence-electron chi connectivity index (χ4n) is 2.63. The second-order valence-corrected chi connectivity index (χ2v) is 6.30. The van der Waals surface area contributed by atoms with E-state index in [1.54, 1.807) is 0 Å². The molecule has 119 valence electrons. The van der Waals surface area contributed by atoms with Crippen LogP contribution in [0.3, 0.4) is 0 Å². The van der Waals surface area contributed by atoms with Crippen LogP contribution in [0.5, 0.6) is 0 Å². The van der Waals surface area contributed by atoms with Gasteiger partial charge in [0.05, 0.1) is 6.61 Å². The summed E-state index contributed by atoms with van der Waals surface area (Å²) in [6.07, 6.45) is 21.1. The van der Waals surface area contributed by atoms with E-state index in [-0.39, 0.29) is 6.61 Å². The monoisotopic (exact) mass is 299 g/mol. The van der Waals surface area contributed by atoms with Crippen molar-refractivity contribution in [1.29, 1.82) is 0 Å². The van der Waals surface area contributed by atoms with Crippen LogP contribution < -0.4 is 0 Å². The van der Waals surface area contributed by atoms with Gasteiger partial charge in [0.25, 0.3) is 0 Å². The molecular weight excluding hydrogens is 264 g/mol. The van der Waals surface area contributed by atoms with E-state index in [0.29, 0.717) is 0 Å². The van der Waals surface area contributed by atoms with Gasteiger partial charge in [-0.25, -0.2) is 5.11 Å². The van der Waals surface area contributed by atoms with Crippen molar-refractivity contribution in [1.82, 2.24) is 0 Å². The van der Waals surface area contributed by atoms with Gasteiger partial charge in [-0.2, -0.15) is 0 Å². The zero-order chi connectivity index (χ0) is 14.7. The van der Waals surface area contributed by atoms with Crippen molar-refractivity contribution in [2.24, 2.45) is 0 Å². The van der Waals surface area contributed by atoms with Crippen molar-refractivity contribution >= 4 is 17.6 Å². The molecule has 0 heterocycles. The maximum Gasteiger partial charge on any atom is 0.0822 e. The largest absolute Gasteiger partial charge is 0.237 e. The van der Waals surface area contributed by atoms with Gasteiger partial charge >= 0.3 is 0 Å². The van der Waals surface area contributed by atoms with E-state index in [0.717, 1.165) is 19.3 Å². The highest BCUT2D eigenvalue weighted by molar-refractivity contribution is 7.78. The van der Waals surface area contributed by atoms with Crippen LogP contribution in [0.15, 0.2) is 0 Å². The van der Waals surface area contributed by atoms with Gasteiger partial charge in [0.2, 0.25) is 0 Å². The van der Waals surface area contributed by atoms with Crippen LogP contribution in [0.25, 0.3) is 0 Å². The van der Waals surface area contributed by atoms with Crippen molar-refractivity contribution < 1.29 is 5.11 Å². The van der Waals surface area contributed by atoms with Crippen molar-refractivity contribution in [3.63, 3.8) is 0 Å². The Morgan fingerprint density at radius 1 is 0.500 bits per heavy atom. The van der Waals surface area contributed by atoms with Crippen LogP contribution in [0.2, 0.25) is 0 Å². The first-order chi connectivity index (χ1) is 9.91. The topological polar surface area (TPSA) is 19.9 Å². The molecule has 0 atom stereocenters. The van der Waals surface area contributed by atoms with Crippen LogP contribution in [-0.4, -0.2) is 12.0 Å². The van der Waals surface area contributed by atoms with E-state index in [1.165, 1.54) is 83.5 Å². The third-order valence-corrected chi connectivity index (χ3v) is 4.20. The average Bonchev–Trinajstić information content (AvgIpc) is 2.47. The number of hydrogen-bond acceptors (Lipinski definition) is 1. The standard InChI is InChI=1S/C18H35OS/c19-17-15-13-11-9-7-5-3-1-2-4-6-8-10-12-14-16-18-20/h18H,1-17H2. The molecule has 0 aliphatic carbocycles. The highest BCUT2D eigenvalue weighted by Crippen LogP contribution is 2.13. The fraction of sp³-hybridized carbons (Fsp3) is 0.944. The molecule has 0 aromatic carbocycles. The molecule has 20 heavy (non-hydrogen) atoms. The molecule has 0 N–H and O–H groups in total. The molecule has 0 saturated heterocycles. The molecule has 0 aliphatic heterocycles. The normalized spacial score (nSPS) is 10.8. The Labute approximate surface area is 132 Å². The van der Waals surface area contributed by atoms with Crippen molar-refractivity contribution in [3.8, 4) is 0 Å². The Hall–Kier alpha value is 0.0500. The van der Waals surface area contributed by atoms with Gasteiger partial charge in [0, 0.05) is 0 Å². The summed E-state index contributed by atoms with van der Waals surface area (Å²) in [6, 6.07) is 0. The average molecular weight is 300 g/mol. The zero-order valence-corrected chi connectivity index (χ0v) is 14.2. The van der Waals surface area contributed by atoms with Gasteiger partial charge in [-0.05, 0) is 24.6 Å². The molecule has 0 rings (SSSR count). The molecule has 0 amide bonds.